The Morgan fingerprint density at radius 1 is 1.47 bits per heavy atom. The largest absolute Gasteiger partial charge is 0.467 e. The number of rotatable bonds is 3. The number of benzene rings is 1. The van der Waals surface area contributed by atoms with Crippen LogP contribution in [0.15, 0.2) is 22.7 Å². The van der Waals surface area contributed by atoms with Crippen LogP contribution in [0.25, 0.3) is 0 Å². The minimum absolute atomic E-state index is 0.369. The molecule has 0 spiro atoms. The van der Waals surface area contributed by atoms with Gasteiger partial charge in [-0.1, -0.05) is 11.6 Å². The van der Waals surface area contributed by atoms with Crippen LogP contribution in [-0.2, 0) is 9.53 Å². The molecule has 17 heavy (non-hydrogen) atoms. The first-order chi connectivity index (χ1) is 7.95. The van der Waals surface area contributed by atoms with E-state index in [9.17, 15) is 9.59 Å². The van der Waals surface area contributed by atoms with Gasteiger partial charge in [0.05, 0.1) is 12.7 Å². The Labute approximate surface area is 112 Å². The lowest BCUT2D eigenvalue weighted by Gasteiger charge is -2.12. The van der Waals surface area contributed by atoms with Crippen molar-refractivity contribution in [1.29, 1.82) is 0 Å². The molecule has 0 heterocycles. The van der Waals surface area contributed by atoms with Gasteiger partial charge in [0.2, 0.25) is 0 Å². The Morgan fingerprint density at radius 2 is 2.12 bits per heavy atom. The molecular formula is C11H11BrClNO3. The zero-order valence-corrected chi connectivity index (χ0v) is 11.6. The van der Waals surface area contributed by atoms with Crippen LogP contribution in [0.3, 0.4) is 0 Å². The molecule has 0 radical (unpaired) electrons. The van der Waals surface area contributed by atoms with Crippen LogP contribution in [0, 0.1) is 0 Å². The second-order valence-corrected chi connectivity index (χ2v) is 4.63. The quantitative estimate of drug-likeness (QED) is 0.870. The minimum Gasteiger partial charge on any atom is -0.467 e. The molecule has 0 unspecified atom stereocenters. The summed E-state index contributed by atoms with van der Waals surface area (Å²) in [6, 6.07) is 4.09. The summed E-state index contributed by atoms with van der Waals surface area (Å²) in [4.78, 5) is 23.0. The van der Waals surface area contributed by atoms with Crippen molar-refractivity contribution in [3.05, 3.63) is 33.3 Å². The van der Waals surface area contributed by atoms with E-state index >= 15 is 0 Å². The first-order valence-corrected chi connectivity index (χ1v) is 5.96. The lowest BCUT2D eigenvalue weighted by atomic mass is 10.2. The number of esters is 1. The van der Waals surface area contributed by atoms with Crippen molar-refractivity contribution in [3.63, 3.8) is 0 Å². The van der Waals surface area contributed by atoms with E-state index in [-0.39, 0.29) is 5.91 Å². The van der Waals surface area contributed by atoms with Gasteiger partial charge in [0.25, 0.3) is 5.91 Å². The number of ether oxygens (including phenoxy) is 1. The molecule has 1 aromatic carbocycles. The fourth-order valence-corrected chi connectivity index (χ4v) is 2.05. The molecule has 0 fully saturated rings. The highest BCUT2D eigenvalue weighted by atomic mass is 79.9. The van der Waals surface area contributed by atoms with Crippen molar-refractivity contribution in [1.82, 2.24) is 5.32 Å². The van der Waals surface area contributed by atoms with Crippen LogP contribution in [0.2, 0.25) is 5.02 Å². The van der Waals surface area contributed by atoms with Crippen LogP contribution < -0.4 is 5.32 Å². The maximum atomic E-state index is 11.8. The van der Waals surface area contributed by atoms with Crippen molar-refractivity contribution >= 4 is 39.4 Å². The van der Waals surface area contributed by atoms with Crippen LogP contribution in [-0.4, -0.2) is 25.0 Å². The van der Waals surface area contributed by atoms with Gasteiger partial charge in [-0.15, -0.1) is 0 Å². The second kappa shape index (κ2) is 6.02. The molecule has 0 saturated carbocycles. The summed E-state index contributed by atoms with van der Waals surface area (Å²) >= 11 is 8.99. The summed E-state index contributed by atoms with van der Waals surface area (Å²) in [5.41, 5.74) is 0.408. The average molecular weight is 321 g/mol. The van der Waals surface area contributed by atoms with Gasteiger partial charge < -0.3 is 10.1 Å². The molecule has 4 nitrogen and oxygen atoms in total. The van der Waals surface area contributed by atoms with E-state index in [1.807, 2.05) is 0 Å². The SMILES string of the molecule is COC(=O)[C@H](C)NC(=O)c1ccc(Cl)cc1Br. The Hall–Kier alpha value is -1.07. The number of halogens is 2. The molecule has 0 aromatic heterocycles. The van der Waals surface area contributed by atoms with Crippen molar-refractivity contribution in [3.8, 4) is 0 Å². The summed E-state index contributed by atoms with van der Waals surface area (Å²) in [6.07, 6.45) is 0. The Bertz CT molecular complexity index is 450. The van der Waals surface area contributed by atoms with E-state index in [1.54, 1.807) is 25.1 Å². The summed E-state index contributed by atoms with van der Waals surface area (Å²) < 4.78 is 5.08. The van der Waals surface area contributed by atoms with E-state index < -0.39 is 12.0 Å². The van der Waals surface area contributed by atoms with Gasteiger partial charge in [-0.25, -0.2) is 4.79 Å². The normalized spacial score (nSPS) is 11.8. The summed E-state index contributed by atoms with van der Waals surface area (Å²) in [7, 11) is 1.27. The fraction of sp³-hybridized carbons (Fsp3) is 0.273. The van der Waals surface area contributed by atoms with E-state index in [2.05, 4.69) is 26.0 Å². The standard InChI is InChI=1S/C11H11BrClNO3/c1-6(11(16)17-2)14-10(15)8-4-3-7(13)5-9(8)12/h3-6H,1-2H3,(H,14,15)/t6-/m0/s1. The van der Waals surface area contributed by atoms with Crippen molar-refractivity contribution in [2.75, 3.05) is 7.11 Å². The van der Waals surface area contributed by atoms with Crippen molar-refractivity contribution < 1.29 is 14.3 Å². The highest BCUT2D eigenvalue weighted by Crippen LogP contribution is 2.21. The van der Waals surface area contributed by atoms with Gasteiger partial charge in [0.1, 0.15) is 6.04 Å². The van der Waals surface area contributed by atoms with Crippen LogP contribution >= 0.6 is 27.5 Å². The molecule has 92 valence electrons. The monoisotopic (exact) mass is 319 g/mol. The molecule has 1 rings (SSSR count). The molecule has 1 aromatic rings. The van der Waals surface area contributed by atoms with Gasteiger partial charge in [-0.2, -0.15) is 0 Å². The van der Waals surface area contributed by atoms with Crippen molar-refractivity contribution in [2.45, 2.75) is 13.0 Å². The molecule has 1 atom stereocenters. The highest BCUT2D eigenvalue weighted by molar-refractivity contribution is 9.10. The maximum Gasteiger partial charge on any atom is 0.328 e. The van der Waals surface area contributed by atoms with E-state index in [0.717, 1.165) is 0 Å². The van der Waals surface area contributed by atoms with Gasteiger partial charge in [-0.05, 0) is 41.1 Å². The maximum absolute atomic E-state index is 11.8. The number of carbonyl (C=O) groups is 2. The van der Waals surface area contributed by atoms with Gasteiger partial charge in [-0.3, -0.25) is 4.79 Å². The number of nitrogens with one attached hydrogen (secondary N) is 1. The smallest absolute Gasteiger partial charge is 0.328 e. The molecule has 1 amide bonds. The van der Waals surface area contributed by atoms with Crippen LogP contribution in [0.4, 0.5) is 0 Å². The first-order valence-electron chi connectivity index (χ1n) is 4.79. The Balaban J connectivity index is 2.80. The zero-order chi connectivity index (χ0) is 13.0. The molecule has 0 bridgehead atoms. The molecule has 0 aliphatic rings. The molecular weight excluding hydrogens is 309 g/mol. The zero-order valence-electron chi connectivity index (χ0n) is 9.29. The third-order valence-corrected chi connectivity index (χ3v) is 2.97. The topological polar surface area (TPSA) is 55.4 Å². The van der Waals surface area contributed by atoms with Gasteiger partial charge in [0, 0.05) is 9.50 Å². The number of amides is 1. The lowest BCUT2D eigenvalue weighted by Crippen LogP contribution is -2.39. The summed E-state index contributed by atoms with van der Waals surface area (Å²) in [5.74, 6) is -0.866. The number of carbonyl (C=O) groups excluding carboxylic acids is 2. The summed E-state index contributed by atoms with van der Waals surface area (Å²) in [5, 5.41) is 3.04. The summed E-state index contributed by atoms with van der Waals surface area (Å²) in [6.45, 7) is 1.55. The lowest BCUT2D eigenvalue weighted by molar-refractivity contribution is -0.142. The average Bonchev–Trinajstić information content (AvgIpc) is 2.27. The van der Waals surface area contributed by atoms with Crippen LogP contribution in [0.1, 0.15) is 17.3 Å². The molecule has 0 aliphatic heterocycles. The van der Waals surface area contributed by atoms with E-state index in [1.165, 1.54) is 7.11 Å². The highest BCUT2D eigenvalue weighted by Gasteiger charge is 2.18. The van der Waals surface area contributed by atoms with Gasteiger partial charge >= 0.3 is 5.97 Å². The number of hydrogen-bond acceptors (Lipinski definition) is 3. The van der Waals surface area contributed by atoms with E-state index in [4.69, 9.17) is 11.6 Å². The van der Waals surface area contributed by atoms with Crippen molar-refractivity contribution in [2.24, 2.45) is 0 Å². The Morgan fingerprint density at radius 3 is 2.65 bits per heavy atom. The molecule has 0 aliphatic carbocycles. The van der Waals surface area contributed by atoms with Crippen LogP contribution in [0.5, 0.6) is 0 Å². The Kier molecular flexibility index (Phi) is 4.96. The third kappa shape index (κ3) is 3.71. The fourth-order valence-electron chi connectivity index (χ4n) is 1.18. The predicted molar refractivity (Wildman–Crippen MR) is 68.1 cm³/mol. The minimum atomic E-state index is -0.699. The second-order valence-electron chi connectivity index (χ2n) is 3.34. The first kappa shape index (κ1) is 14.0. The molecule has 6 heteroatoms. The number of methoxy groups -OCH3 is 1. The third-order valence-electron chi connectivity index (χ3n) is 2.08. The van der Waals surface area contributed by atoms with Gasteiger partial charge in [0.15, 0.2) is 0 Å². The number of hydrogen-bond donors (Lipinski definition) is 1. The molecule has 0 saturated heterocycles. The van der Waals surface area contributed by atoms with E-state index in [0.29, 0.717) is 15.1 Å². The predicted octanol–water partition coefficient (Wildman–Crippen LogP) is 2.39. The molecule has 1 N–H and O–H groups in total.